The lowest BCUT2D eigenvalue weighted by molar-refractivity contribution is -0.144. The third kappa shape index (κ3) is 1.92. The number of methoxy groups -OCH3 is 1. The lowest BCUT2D eigenvalue weighted by atomic mass is 9.78. The second-order valence-corrected chi connectivity index (χ2v) is 4.47. The van der Waals surface area contributed by atoms with Gasteiger partial charge in [-0.1, -0.05) is 12.8 Å². The Morgan fingerprint density at radius 3 is 2.79 bits per heavy atom. The molecule has 0 bridgehead atoms. The average molecular weight is 197 g/mol. The summed E-state index contributed by atoms with van der Waals surface area (Å²) in [7, 11) is 1.47. The highest BCUT2D eigenvalue weighted by molar-refractivity contribution is 5.75. The molecule has 2 fully saturated rings. The summed E-state index contributed by atoms with van der Waals surface area (Å²) in [5, 5.41) is 3.43. The van der Waals surface area contributed by atoms with Crippen LogP contribution in [0.25, 0.3) is 0 Å². The number of ether oxygens (including phenoxy) is 1. The largest absolute Gasteiger partial charge is 0.468 e. The van der Waals surface area contributed by atoms with Gasteiger partial charge in [0.15, 0.2) is 0 Å². The minimum Gasteiger partial charge on any atom is -0.468 e. The van der Waals surface area contributed by atoms with Crippen LogP contribution >= 0.6 is 0 Å². The van der Waals surface area contributed by atoms with Gasteiger partial charge in [-0.05, 0) is 31.6 Å². The lowest BCUT2D eigenvalue weighted by Crippen LogP contribution is -2.52. The van der Waals surface area contributed by atoms with E-state index in [1.165, 1.54) is 39.2 Å². The van der Waals surface area contributed by atoms with Crippen molar-refractivity contribution >= 4 is 5.97 Å². The normalized spacial score (nSPS) is 37.4. The minimum atomic E-state index is -0.0889. The van der Waals surface area contributed by atoms with Gasteiger partial charge < -0.3 is 10.1 Å². The van der Waals surface area contributed by atoms with Crippen molar-refractivity contribution in [3.63, 3.8) is 0 Å². The van der Waals surface area contributed by atoms with Crippen LogP contribution in [0.5, 0.6) is 0 Å². The quantitative estimate of drug-likeness (QED) is 0.647. The highest BCUT2D eigenvalue weighted by Crippen LogP contribution is 2.32. The summed E-state index contributed by atoms with van der Waals surface area (Å²) in [6.07, 6.45) is 7.39. The van der Waals surface area contributed by atoms with Crippen LogP contribution in [0, 0.1) is 5.92 Å². The monoisotopic (exact) mass is 197 g/mol. The summed E-state index contributed by atoms with van der Waals surface area (Å²) in [5.74, 6) is 0.721. The summed E-state index contributed by atoms with van der Waals surface area (Å²) >= 11 is 0. The molecule has 1 aliphatic heterocycles. The van der Waals surface area contributed by atoms with Gasteiger partial charge in [-0.15, -0.1) is 0 Å². The Hall–Kier alpha value is -0.570. The predicted octanol–water partition coefficient (Wildman–Crippen LogP) is 1.47. The maximum absolute atomic E-state index is 11.4. The molecule has 1 N–H and O–H groups in total. The van der Waals surface area contributed by atoms with Crippen LogP contribution in [0.2, 0.25) is 0 Å². The Kier molecular flexibility index (Phi) is 3.06. The molecule has 1 saturated heterocycles. The van der Waals surface area contributed by atoms with Crippen molar-refractivity contribution in [2.24, 2.45) is 5.92 Å². The number of hydrogen-bond acceptors (Lipinski definition) is 3. The second kappa shape index (κ2) is 4.30. The van der Waals surface area contributed by atoms with Crippen molar-refractivity contribution in [1.29, 1.82) is 0 Å². The Bertz CT molecular complexity index is 217. The lowest BCUT2D eigenvalue weighted by Gasteiger charge is -2.39. The third-order valence-corrected chi connectivity index (χ3v) is 3.64. The fourth-order valence-electron chi connectivity index (χ4n) is 2.82. The van der Waals surface area contributed by atoms with Gasteiger partial charge in [-0.25, -0.2) is 0 Å². The van der Waals surface area contributed by atoms with E-state index in [1.807, 2.05) is 0 Å². The van der Waals surface area contributed by atoms with Gasteiger partial charge in [0.05, 0.1) is 7.11 Å². The first-order valence-electron chi connectivity index (χ1n) is 5.65. The summed E-state index contributed by atoms with van der Waals surface area (Å²) in [4.78, 5) is 11.4. The van der Waals surface area contributed by atoms with Gasteiger partial charge in [-0.3, -0.25) is 4.79 Å². The average Bonchev–Trinajstić information content (AvgIpc) is 2.27. The molecule has 2 aliphatic rings. The number of carbonyl (C=O) groups excluding carboxylic acids is 1. The first-order chi connectivity index (χ1) is 6.81. The highest BCUT2D eigenvalue weighted by atomic mass is 16.5. The topological polar surface area (TPSA) is 38.3 Å². The molecule has 0 radical (unpaired) electrons. The SMILES string of the molecule is COC(=O)[C@H]1CC[C@H]2CCCC[C@@H]2N1. The van der Waals surface area contributed by atoms with Crippen LogP contribution in [-0.2, 0) is 9.53 Å². The first-order valence-corrected chi connectivity index (χ1v) is 5.65. The number of carbonyl (C=O) groups is 1. The Morgan fingerprint density at radius 1 is 1.21 bits per heavy atom. The van der Waals surface area contributed by atoms with Crippen LogP contribution in [0.3, 0.4) is 0 Å². The fraction of sp³-hybridized carbons (Fsp3) is 0.909. The molecule has 0 aromatic heterocycles. The molecule has 80 valence electrons. The van der Waals surface area contributed by atoms with Gasteiger partial charge in [-0.2, -0.15) is 0 Å². The number of nitrogens with one attached hydrogen (secondary N) is 1. The Labute approximate surface area is 85.2 Å². The van der Waals surface area contributed by atoms with E-state index in [2.05, 4.69) is 5.32 Å². The first kappa shape index (κ1) is 9.97. The van der Waals surface area contributed by atoms with Gasteiger partial charge in [0.25, 0.3) is 0 Å². The van der Waals surface area contributed by atoms with Crippen molar-refractivity contribution < 1.29 is 9.53 Å². The number of piperidine rings is 1. The smallest absolute Gasteiger partial charge is 0.322 e. The van der Waals surface area contributed by atoms with E-state index in [4.69, 9.17) is 4.74 Å². The van der Waals surface area contributed by atoms with E-state index in [0.29, 0.717) is 6.04 Å². The van der Waals surface area contributed by atoms with Crippen LogP contribution in [0.1, 0.15) is 38.5 Å². The molecule has 1 heterocycles. The summed E-state index contributed by atoms with van der Waals surface area (Å²) in [5.41, 5.74) is 0. The fourth-order valence-corrected chi connectivity index (χ4v) is 2.82. The molecule has 1 aliphatic carbocycles. The number of esters is 1. The van der Waals surface area contributed by atoms with E-state index in [1.54, 1.807) is 0 Å². The summed E-state index contributed by atoms with van der Waals surface area (Å²) < 4.78 is 4.77. The summed E-state index contributed by atoms with van der Waals surface area (Å²) in [6, 6.07) is 0.529. The van der Waals surface area contributed by atoms with Gasteiger partial charge in [0.1, 0.15) is 6.04 Å². The number of rotatable bonds is 1. The van der Waals surface area contributed by atoms with Crippen molar-refractivity contribution in [2.45, 2.75) is 50.6 Å². The van der Waals surface area contributed by atoms with Gasteiger partial charge in [0.2, 0.25) is 0 Å². The van der Waals surface area contributed by atoms with E-state index in [0.717, 1.165) is 12.3 Å². The van der Waals surface area contributed by atoms with E-state index < -0.39 is 0 Å². The number of hydrogen-bond donors (Lipinski definition) is 1. The molecule has 0 aromatic rings. The molecule has 0 spiro atoms. The Morgan fingerprint density at radius 2 is 2.00 bits per heavy atom. The van der Waals surface area contributed by atoms with Crippen LogP contribution < -0.4 is 5.32 Å². The van der Waals surface area contributed by atoms with E-state index in [-0.39, 0.29) is 12.0 Å². The zero-order valence-corrected chi connectivity index (χ0v) is 8.79. The zero-order valence-electron chi connectivity index (χ0n) is 8.79. The third-order valence-electron chi connectivity index (χ3n) is 3.64. The van der Waals surface area contributed by atoms with Crippen LogP contribution in [0.4, 0.5) is 0 Å². The van der Waals surface area contributed by atoms with Crippen molar-refractivity contribution in [3.8, 4) is 0 Å². The van der Waals surface area contributed by atoms with Crippen molar-refractivity contribution in [3.05, 3.63) is 0 Å². The molecular formula is C11H19NO2. The molecule has 0 unspecified atom stereocenters. The molecule has 3 atom stereocenters. The standard InChI is InChI=1S/C11H19NO2/c1-14-11(13)10-7-6-8-4-2-3-5-9(8)12-10/h8-10,12H,2-7H2,1H3/t8-,9+,10-/m1/s1. The molecule has 1 saturated carbocycles. The van der Waals surface area contributed by atoms with Crippen LogP contribution in [-0.4, -0.2) is 25.2 Å². The molecule has 0 amide bonds. The van der Waals surface area contributed by atoms with Gasteiger partial charge in [0, 0.05) is 6.04 Å². The molecular weight excluding hydrogens is 178 g/mol. The maximum Gasteiger partial charge on any atom is 0.322 e. The molecule has 14 heavy (non-hydrogen) atoms. The summed E-state index contributed by atoms with van der Waals surface area (Å²) in [6.45, 7) is 0. The van der Waals surface area contributed by atoms with E-state index >= 15 is 0 Å². The molecule has 0 aromatic carbocycles. The Balaban J connectivity index is 1.92. The molecule has 2 rings (SSSR count). The number of fused-ring (bicyclic) bond motifs is 1. The molecule has 3 heteroatoms. The van der Waals surface area contributed by atoms with Crippen molar-refractivity contribution in [2.75, 3.05) is 7.11 Å². The van der Waals surface area contributed by atoms with Crippen molar-refractivity contribution in [1.82, 2.24) is 5.32 Å². The zero-order chi connectivity index (χ0) is 9.97. The second-order valence-electron chi connectivity index (χ2n) is 4.47. The minimum absolute atomic E-state index is 0.0423. The highest BCUT2D eigenvalue weighted by Gasteiger charge is 2.34. The molecule has 3 nitrogen and oxygen atoms in total. The predicted molar refractivity (Wildman–Crippen MR) is 53.9 cm³/mol. The van der Waals surface area contributed by atoms with Crippen LogP contribution in [0.15, 0.2) is 0 Å². The maximum atomic E-state index is 11.4. The van der Waals surface area contributed by atoms with E-state index in [9.17, 15) is 4.79 Å². The van der Waals surface area contributed by atoms with Gasteiger partial charge >= 0.3 is 5.97 Å².